The summed E-state index contributed by atoms with van der Waals surface area (Å²) in [6, 6.07) is 4.36. The van der Waals surface area contributed by atoms with Gasteiger partial charge >= 0.3 is 0 Å². The molecule has 0 aliphatic carbocycles. The first-order valence-electron chi connectivity index (χ1n) is 5.27. The fourth-order valence-electron chi connectivity index (χ4n) is 1.75. The van der Waals surface area contributed by atoms with Crippen molar-refractivity contribution in [2.45, 2.75) is 32.7 Å². The lowest BCUT2D eigenvalue weighted by Gasteiger charge is -2.21. The van der Waals surface area contributed by atoms with Gasteiger partial charge in [-0.1, -0.05) is 37.9 Å². The molecule has 0 aliphatic heterocycles. The van der Waals surface area contributed by atoms with E-state index in [4.69, 9.17) is 17.3 Å². The van der Waals surface area contributed by atoms with Crippen molar-refractivity contribution in [2.75, 3.05) is 0 Å². The average molecular weight is 230 g/mol. The van der Waals surface area contributed by atoms with Crippen LogP contribution in [0, 0.1) is 11.7 Å². The quantitative estimate of drug-likeness (QED) is 0.832. The van der Waals surface area contributed by atoms with Crippen molar-refractivity contribution in [2.24, 2.45) is 11.7 Å². The molecule has 2 atom stereocenters. The Morgan fingerprint density at radius 2 is 2.13 bits per heavy atom. The number of hydrogen-bond acceptors (Lipinski definition) is 1. The summed E-state index contributed by atoms with van der Waals surface area (Å²) in [4.78, 5) is 0. The standard InChI is InChI=1S/C12H17ClFN/c1-3-5-8(2)12(15)11-9(13)6-4-7-10(11)14/h4,6-8,12H,3,5,15H2,1-2H3. The summed E-state index contributed by atoms with van der Waals surface area (Å²) in [5.74, 6) is -0.0673. The molecule has 2 N–H and O–H groups in total. The third kappa shape index (κ3) is 2.93. The Morgan fingerprint density at radius 1 is 1.47 bits per heavy atom. The molecular weight excluding hydrogens is 213 g/mol. The fraction of sp³-hybridized carbons (Fsp3) is 0.500. The molecule has 0 saturated heterocycles. The van der Waals surface area contributed by atoms with Gasteiger partial charge in [0.1, 0.15) is 5.82 Å². The van der Waals surface area contributed by atoms with Crippen LogP contribution in [0.4, 0.5) is 4.39 Å². The van der Waals surface area contributed by atoms with Crippen LogP contribution in [0.2, 0.25) is 5.02 Å². The van der Waals surface area contributed by atoms with Crippen LogP contribution in [-0.2, 0) is 0 Å². The molecule has 0 heterocycles. The summed E-state index contributed by atoms with van der Waals surface area (Å²) >= 11 is 5.95. The van der Waals surface area contributed by atoms with Crippen molar-refractivity contribution in [3.05, 3.63) is 34.6 Å². The molecular formula is C12H17ClFN. The van der Waals surface area contributed by atoms with Crippen LogP contribution in [0.15, 0.2) is 18.2 Å². The lowest BCUT2D eigenvalue weighted by molar-refractivity contribution is 0.420. The maximum absolute atomic E-state index is 13.5. The molecule has 0 aromatic heterocycles. The summed E-state index contributed by atoms with van der Waals surface area (Å²) < 4.78 is 13.5. The van der Waals surface area contributed by atoms with Crippen LogP contribution in [0.5, 0.6) is 0 Å². The molecule has 0 saturated carbocycles. The highest BCUT2D eigenvalue weighted by atomic mass is 35.5. The minimum atomic E-state index is -0.321. The summed E-state index contributed by atoms with van der Waals surface area (Å²) in [6.07, 6.45) is 2.02. The van der Waals surface area contributed by atoms with E-state index in [1.807, 2.05) is 6.92 Å². The Bertz CT molecular complexity index is 307. The molecule has 0 bridgehead atoms. The van der Waals surface area contributed by atoms with Crippen LogP contribution < -0.4 is 5.73 Å². The number of hydrogen-bond donors (Lipinski definition) is 1. The predicted molar refractivity (Wildman–Crippen MR) is 62.4 cm³/mol. The third-order valence-electron chi connectivity index (χ3n) is 2.69. The van der Waals surface area contributed by atoms with E-state index in [1.165, 1.54) is 6.07 Å². The zero-order valence-corrected chi connectivity index (χ0v) is 9.89. The van der Waals surface area contributed by atoms with E-state index in [-0.39, 0.29) is 17.8 Å². The molecule has 3 heteroatoms. The van der Waals surface area contributed by atoms with Gasteiger partial charge in [0.2, 0.25) is 0 Å². The zero-order valence-electron chi connectivity index (χ0n) is 9.13. The van der Waals surface area contributed by atoms with Crippen LogP contribution >= 0.6 is 11.6 Å². The van der Waals surface area contributed by atoms with Crippen molar-refractivity contribution in [3.8, 4) is 0 Å². The molecule has 1 nitrogen and oxygen atoms in total. The van der Waals surface area contributed by atoms with Gasteiger partial charge < -0.3 is 5.73 Å². The maximum atomic E-state index is 13.5. The van der Waals surface area contributed by atoms with Crippen molar-refractivity contribution in [3.63, 3.8) is 0 Å². The van der Waals surface area contributed by atoms with E-state index in [9.17, 15) is 4.39 Å². The maximum Gasteiger partial charge on any atom is 0.129 e. The van der Waals surface area contributed by atoms with Gasteiger partial charge in [0, 0.05) is 16.6 Å². The number of halogens is 2. The SMILES string of the molecule is CCCC(C)C(N)c1c(F)cccc1Cl. The molecule has 1 aromatic rings. The Balaban J connectivity index is 2.94. The van der Waals surface area contributed by atoms with Crippen molar-refractivity contribution in [1.29, 1.82) is 0 Å². The highest BCUT2D eigenvalue weighted by Gasteiger charge is 2.20. The lowest BCUT2D eigenvalue weighted by atomic mass is 9.91. The number of benzene rings is 1. The van der Waals surface area contributed by atoms with Gasteiger partial charge in [0.25, 0.3) is 0 Å². The summed E-state index contributed by atoms with van der Waals surface area (Å²) in [6.45, 7) is 4.11. The first kappa shape index (κ1) is 12.5. The van der Waals surface area contributed by atoms with Crippen molar-refractivity contribution in [1.82, 2.24) is 0 Å². The smallest absolute Gasteiger partial charge is 0.129 e. The van der Waals surface area contributed by atoms with Crippen LogP contribution in [0.25, 0.3) is 0 Å². The van der Waals surface area contributed by atoms with Crippen LogP contribution in [0.1, 0.15) is 38.3 Å². The second kappa shape index (κ2) is 5.47. The lowest BCUT2D eigenvalue weighted by Crippen LogP contribution is -2.20. The normalized spacial score (nSPS) is 15.0. The molecule has 0 radical (unpaired) electrons. The number of rotatable bonds is 4. The van der Waals surface area contributed by atoms with E-state index in [0.717, 1.165) is 12.8 Å². The first-order chi connectivity index (χ1) is 7.07. The van der Waals surface area contributed by atoms with E-state index < -0.39 is 0 Å². The van der Waals surface area contributed by atoms with E-state index in [0.29, 0.717) is 10.6 Å². The van der Waals surface area contributed by atoms with Gasteiger partial charge in [-0.3, -0.25) is 0 Å². The molecule has 0 aliphatic rings. The molecule has 1 aromatic carbocycles. The minimum Gasteiger partial charge on any atom is -0.324 e. The average Bonchev–Trinajstić information content (AvgIpc) is 2.17. The van der Waals surface area contributed by atoms with Gasteiger partial charge in [-0.2, -0.15) is 0 Å². The second-order valence-corrected chi connectivity index (χ2v) is 4.33. The molecule has 2 unspecified atom stereocenters. The van der Waals surface area contributed by atoms with Crippen LogP contribution in [0.3, 0.4) is 0 Å². The highest BCUT2D eigenvalue weighted by molar-refractivity contribution is 6.31. The van der Waals surface area contributed by atoms with Gasteiger partial charge in [0.15, 0.2) is 0 Å². The minimum absolute atomic E-state index is 0.240. The van der Waals surface area contributed by atoms with Crippen molar-refractivity contribution >= 4 is 11.6 Å². The van der Waals surface area contributed by atoms with Crippen molar-refractivity contribution < 1.29 is 4.39 Å². The third-order valence-corrected chi connectivity index (χ3v) is 3.02. The van der Waals surface area contributed by atoms with Gasteiger partial charge in [0.05, 0.1) is 0 Å². The molecule has 0 spiro atoms. The van der Waals surface area contributed by atoms with E-state index in [2.05, 4.69) is 6.92 Å². The second-order valence-electron chi connectivity index (χ2n) is 3.93. The summed E-state index contributed by atoms with van der Waals surface area (Å²) in [5.41, 5.74) is 6.45. The summed E-state index contributed by atoms with van der Waals surface area (Å²) in [7, 11) is 0. The molecule has 84 valence electrons. The van der Waals surface area contributed by atoms with E-state index >= 15 is 0 Å². The Hall–Kier alpha value is -0.600. The zero-order chi connectivity index (χ0) is 11.4. The van der Waals surface area contributed by atoms with Gasteiger partial charge in [-0.05, 0) is 24.5 Å². The van der Waals surface area contributed by atoms with Gasteiger partial charge in [-0.25, -0.2) is 4.39 Å². The first-order valence-corrected chi connectivity index (χ1v) is 5.65. The van der Waals surface area contributed by atoms with E-state index in [1.54, 1.807) is 12.1 Å². The number of nitrogens with two attached hydrogens (primary N) is 1. The Morgan fingerprint density at radius 3 is 2.67 bits per heavy atom. The Kier molecular flexibility index (Phi) is 4.55. The topological polar surface area (TPSA) is 26.0 Å². The molecule has 0 fully saturated rings. The van der Waals surface area contributed by atoms with Crippen LogP contribution in [-0.4, -0.2) is 0 Å². The Labute approximate surface area is 95.4 Å². The predicted octanol–water partition coefficient (Wildman–Crippen LogP) is 3.92. The monoisotopic (exact) mass is 229 g/mol. The molecule has 0 amide bonds. The fourth-order valence-corrected chi connectivity index (χ4v) is 2.04. The summed E-state index contributed by atoms with van der Waals surface area (Å²) in [5, 5.41) is 0.422. The molecule has 15 heavy (non-hydrogen) atoms. The highest BCUT2D eigenvalue weighted by Crippen LogP contribution is 2.30. The van der Waals surface area contributed by atoms with Gasteiger partial charge in [-0.15, -0.1) is 0 Å². The largest absolute Gasteiger partial charge is 0.324 e. The molecule has 1 rings (SSSR count).